The number of sulfonamides is 1. The van der Waals surface area contributed by atoms with Gasteiger partial charge in [0, 0.05) is 12.2 Å². The van der Waals surface area contributed by atoms with E-state index < -0.39 is 21.7 Å². The van der Waals surface area contributed by atoms with Gasteiger partial charge in [-0.3, -0.25) is 0 Å². The van der Waals surface area contributed by atoms with Crippen molar-refractivity contribution in [2.75, 3.05) is 23.3 Å². The molecule has 0 atom stereocenters. The third-order valence-corrected chi connectivity index (χ3v) is 2.83. The molecule has 0 unspecified atom stereocenters. The zero-order valence-electron chi connectivity index (χ0n) is 8.91. The van der Waals surface area contributed by atoms with Gasteiger partial charge < -0.3 is 11.1 Å². The number of anilines is 2. The maximum Gasteiger partial charge on any atom is 0.209 e. The molecule has 5 N–H and O–H groups in total. The second kappa shape index (κ2) is 5.28. The molecular weight excluding hydrogens is 252 g/mol. The van der Waals surface area contributed by atoms with Gasteiger partial charge in [-0.1, -0.05) is 0 Å². The lowest BCUT2D eigenvalue weighted by atomic mass is 10.2. The molecule has 0 aliphatic heterocycles. The Balaban J connectivity index is 2.58. The van der Waals surface area contributed by atoms with E-state index in [9.17, 15) is 17.2 Å². The Bertz CT molecular complexity index is 482. The number of nitrogen functional groups attached to an aromatic ring is 1. The summed E-state index contributed by atoms with van der Waals surface area (Å²) in [5, 5.41) is 7.23. The van der Waals surface area contributed by atoms with Gasteiger partial charge in [0.2, 0.25) is 10.0 Å². The van der Waals surface area contributed by atoms with Gasteiger partial charge in [-0.25, -0.2) is 22.3 Å². The lowest BCUT2D eigenvalue weighted by Gasteiger charge is -2.08. The molecule has 0 aliphatic rings. The normalized spacial score (nSPS) is 11.5. The first-order valence-electron chi connectivity index (χ1n) is 4.78. The number of benzene rings is 1. The molecule has 0 radical (unpaired) electrons. The third kappa shape index (κ3) is 4.53. The molecule has 17 heavy (non-hydrogen) atoms. The smallest absolute Gasteiger partial charge is 0.209 e. The lowest BCUT2D eigenvalue weighted by Crippen LogP contribution is -2.19. The van der Waals surface area contributed by atoms with Crippen LogP contribution in [0.2, 0.25) is 0 Å². The van der Waals surface area contributed by atoms with Gasteiger partial charge in [-0.2, -0.15) is 0 Å². The molecule has 0 amide bonds. The predicted molar refractivity (Wildman–Crippen MR) is 61.9 cm³/mol. The standard InChI is InChI=1S/C9H13F2N3O2S/c10-7-4-6(12)5-8(11)9(7)14-2-1-3-17(13,15)16/h4-5,14H,1-3,12H2,(H2,13,15,16). The third-order valence-electron chi connectivity index (χ3n) is 1.97. The van der Waals surface area contributed by atoms with Crippen LogP contribution in [0, 0.1) is 11.6 Å². The van der Waals surface area contributed by atoms with Gasteiger partial charge in [0.25, 0.3) is 0 Å². The highest BCUT2D eigenvalue weighted by atomic mass is 32.2. The molecule has 1 aromatic carbocycles. The van der Waals surface area contributed by atoms with Crippen LogP contribution in [-0.4, -0.2) is 20.7 Å². The van der Waals surface area contributed by atoms with Crippen molar-refractivity contribution >= 4 is 21.4 Å². The van der Waals surface area contributed by atoms with Crippen LogP contribution in [0.15, 0.2) is 12.1 Å². The van der Waals surface area contributed by atoms with Gasteiger partial charge in [0.1, 0.15) is 5.69 Å². The molecule has 1 rings (SSSR count). The number of primary sulfonamides is 1. The van der Waals surface area contributed by atoms with Crippen molar-refractivity contribution in [3.05, 3.63) is 23.8 Å². The van der Waals surface area contributed by atoms with Crippen molar-refractivity contribution in [2.24, 2.45) is 5.14 Å². The summed E-state index contributed by atoms with van der Waals surface area (Å²) in [5.41, 5.74) is 4.89. The highest BCUT2D eigenvalue weighted by molar-refractivity contribution is 7.89. The first-order chi connectivity index (χ1) is 7.79. The molecule has 0 spiro atoms. The highest BCUT2D eigenvalue weighted by Crippen LogP contribution is 2.21. The zero-order chi connectivity index (χ0) is 13.1. The number of hydrogen-bond donors (Lipinski definition) is 3. The predicted octanol–water partition coefficient (Wildman–Crippen LogP) is 0.638. The van der Waals surface area contributed by atoms with Crippen LogP contribution in [0.1, 0.15) is 6.42 Å². The van der Waals surface area contributed by atoms with Crippen LogP contribution in [-0.2, 0) is 10.0 Å². The fourth-order valence-electron chi connectivity index (χ4n) is 1.25. The Hall–Kier alpha value is -1.41. The minimum atomic E-state index is -3.55. The van der Waals surface area contributed by atoms with E-state index in [1.165, 1.54) is 0 Å². The van der Waals surface area contributed by atoms with Crippen LogP contribution < -0.4 is 16.2 Å². The van der Waals surface area contributed by atoms with Crippen molar-refractivity contribution < 1.29 is 17.2 Å². The van der Waals surface area contributed by atoms with Gasteiger partial charge in [0.15, 0.2) is 11.6 Å². The molecule has 0 aromatic heterocycles. The maximum absolute atomic E-state index is 13.2. The summed E-state index contributed by atoms with van der Waals surface area (Å²) in [5.74, 6) is -1.89. The van der Waals surface area contributed by atoms with E-state index in [4.69, 9.17) is 10.9 Å². The molecule has 0 bridgehead atoms. The van der Waals surface area contributed by atoms with Gasteiger partial charge in [-0.15, -0.1) is 0 Å². The van der Waals surface area contributed by atoms with Gasteiger partial charge >= 0.3 is 0 Å². The highest BCUT2D eigenvalue weighted by Gasteiger charge is 2.10. The molecule has 96 valence electrons. The fourth-order valence-corrected chi connectivity index (χ4v) is 1.80. The Morgan fingerprint density at radius 3 is 2.24 bits per heavy atom. The monoisotopic (exact) mass is 265 g/mol. The van der Waals surface area contributed by atoms with E-state index in [1.54, 1.807) is 0 Å². The molecule has 0 saturated heterocycles. The minimum Gasteiger partial charge on any atom is -0.399 e. The van der Waals surface area contributed by atoms with E-state index in [0.29, 0.717) is 0 Å². The molecule has 5 nitrogen and oxygen atoms in total. The molecule has 8 heteroatoms. The minimum absolute atomic E-state index is 0.0184. The van der Waals surface area contributed by atoms with Crippen LogP contribution in [0.25, 0.3) is 0 Å². The summed E-state index contributed by atoms with van der Waals surface area (Å²) in [4.78, 5) is 0. The second-order valence-electron chi connectivity index (χ2n) is 3.51. The van der Waals surface area contributed by atoms with Crippen molar-refractivity contribution in [3.63, 3.8) is 0 Å². The molecular formula is C9H13F2N3O2S. The number of hydrogen-bond acceptors (Lipinski definition) is 4. The Morgan fingerprint density at radius 2 is 1.76 bits per heavy atom. The van der Waals surface area contributed by atoms with Crippen molar-refractivity contribution in [1.82, 2.24) is 0 Å². The fraction of sp³-hybridized carbons (Fsp3) is 0.333. The zero-order valence-corrected chi connectivity index (χ0v) is 9.73. The summed E-state index contributed by atoms with van der Waals surface area (Å²) in [7, 11) is -3.55. The average Bonchev–Trinajstić information content (AvgIpc) is 2.13. The largest absolute Gasteiger partial charge is 0.399 e. The number of halogens is 2. The van der Waals surface area contributed by atoms with Crippen LogP contribution in [0.4, 0.5) is 20.2 Å². The van der Waals surface area contributed by atoms with Gasteiger partial charge in [-0.05, 0) is 18.6 Å². The second-order valence-corrected chi connectivity index (χ2v) is 5.24. The molecule has 0 aliphatic carbocycles. The molecule has 0 fully saturated rings. The lowest BCUT2D eigenvalue weighted by molar-refractivity contribution is 0.588. The Morgan fingerprint density at radius 1 is 1.24 bits per heavy atom. The quantitative estimate of drug-likeness (QED) is 0.537. The number of rotatable bonds is 5. The summed E-state index contributed by atoms with van der Waals surface area (Å²) >= 11 is 0. The molecule has 1 aromatic rings. The SMILES string of the molecule is Nc1cc(F)c(NCCCS(N)(=O)=O)c(F)c1. The summed E-state index contributed by atoms with van der Waals surface area (Å²) < 4.78 is 47.7. The van der Waals surface area contributed by atoms with Crippen LogP contribution in [0.3, 0.4) is 0 Å². The maximum atomic E-state index is 13.2. The van der Waals surface area contributed by atoms with Crippen molar-refractivity contribution in [3.8, 4) is 0 Å². The van der Waals surface area contributed by atoms with E-state index in [1.807, 2.05) is 0 Å². The molecule has 0 heterocycles. The number of nitrogens with two attached hydrogens (primary N) is 2. The first kappa shape index (κ1) is 13.7. The van der Waals surface area contributed by atoms with E-state index in [-0.39, 0.29) is 30.1 Å². The number of nitrogens with one attached hydrogen (secondary N) is 1. The van der Waals surface area contributed by atoms with E-state index in [2.05, 4.69) is 5.32 Å². The summed E-state index contributed by atoms with van der Waals surface area (Å²) in [6, 6.07) is 1.95. The van der Waals surface area contributed by atoms with E-state index in [0.717, 1.165) is 12.1 Å². The van der Waals surface area contributed by atoms with Crippen molar-refractivity contribution in [2.45, 2.75) is 6.42 Å². The summed E-state index contributed by atoms with van der Waals surface area (Å²) in [6.45, 7) is 0.0915. The first-order valence-corrected chi connectivity index (χ1v) is 6.50. The Kier molecular flexibility index (Phi) is 4.24. The summed E-state index contributed by atoms with van der Waals surface area (Å²) in [6.07, 6.45) is 0.155. The molecule has 0 saturated carbocycles. The van der Waals surface area contributed by atoms with Gasteiger partial charge in [0.05, 0.1) is 5.75 Å². The average molecular weight is 265 g/mol. The van der Waals surface area contributed by atoms with Crippen molar-refractivity contribution in [1.29, 1.82) is 0 Å². The Labute approximate surface area is 97.8 Å². The van der Waals surface area contributed by atoms with Crippen LogP contribution >= 0.6 is 0 Å². The van der Waals surface area contributed by atoms with E-state index >= 15 is 0 Å². The van der Waals surface area contributed by atoms with Crippen LogP contribution in [0.5, 0.6) is 0 Å². The topological polar surface area (TPSA) is 98.2 Å².